The van der Waals surface area contributed by atoms with Crippen LogP contribution in [-0.2, 0) is 0 Å². The van der Waals surface area contributed by atoms with Gasteiger partial charge in [-0.3, -0.25) is 9.97 Å². The SMILES string of the molecule is Cc1nc(-c2cccnc2)sc1-c1nc(-c2cccnc2)no1. The Labute approximate surface area is 135 Å². The van der Waals surface area contributed by atoms with Gasteiger partial charge < -0.3 is 4.52 Å². The first kappa shape index (κ1) is 13.7. The van der Waals surface area contributed by atoms with E-state index in [9.17, 15) is 0 Å². The molecule has 0 amide bonds. The molecule has 0 atom stereocenters. The third-order valence-corrected chi connectivity index (χ3v) is 4.44. The lowest BCUT2D eigenvalue weighted by Gasteiger charge is -1.91. The van der Waals surface area contributed by atoms with Gasteiger partial charge in [-0.1, -0.05) is 5.16 Å². The second-order valence-electron chi connectivity index (χ2n) is 4.84. The highest BCUT2D eigenvalue weighted by molar-refractivity contribution is 7.18. The molecule has 0 fully saturated rings. The van der Waals surface area contributed by atoms with Crippen molar-refractivity contribution in [1.29, 1.82) is 0 Å². The minimum atomic E-state index is 0.467. The zero-order valence-corrected chi connectivity index (χ0v) is 13.0. The quantitative estimate of drug-likeness (QED) is 0.573. The first-order chi connectivity index (χ1) is 11.3. The predicted octanol–water partition coefficient (Wildman–Crippen LogP) is 3.63. The summed E-state index contributed by atoms with van der Waals surface area (Å²) in [6.07, 6.45) is 6.94. The average molecular weight is 321 g/mol. The van der Waals surface area contributed by atoms with Crippen LogP contribution >= 0.6 is 11.3 Å². The summed E-state index contributed by atoms with van der Waals surface area (Å²) in [7, 11) is 0. The summed E-state index contributed by atoms with van der Waals surface area (Å²) in [6.45, 7) is 1.93. The summed E-state index contributed by atoms with van der Waals surface area (Å²) in [6, 6.07) is 7.59. The van der Waals surface area contributed by atoms with E-state index >= 15 is 0 Å². The van der Waals surface area contributed by atoms with Gasteiger partial charge in [0.05, 0.1) is 5.69 Å². The Morgan fingerprint density at radius 3 is 2.39 bits per heavy atom. The summed E-state index contributed by atoms with van der Waals surface area (Å²) >= 11 is 1.51. The van der Waals surface area contributed by atoms with Gasteiger partial charge in [-0.05, 0) is 31.2 Å². The molecule has 0 spiro atoms. The number of hydrogen-bond donors (Lipinski definition) is 0. The molecule has 0 aliphatic heterocycles. The fraction of sp³-hybridized carbons (Fsp3) is 0.0625. The van der Waals surface area contributed by atoms with Crippen LogP contribution in [0.2, 0.25) is 0 Å². The van der Waals surface area contributed by atoms with Gasteiger partial charge in [0.1, 0.15) is 9.88 Å². The van der Waals surface area contributed by atoms with Crippen LogP contribution < -0.4 is 0 Å². The molecule has 4 aromatic rings. The Hall–Kier alpha value is -2.93. The lowest BCUT2D eigenvalue weighted by atomic mass is 10.3. The van der Waals surface area contributed by atoms with Crippen LogP contribution in [0.5, 0.6) is 0 Å². The molecule has 112 valence electrons. The summed E-state index contributed by atoms with van der Waals surface area (Å²) < 4.78 is 5.40. The first-order valence-corrected chi connectivity index (χ1v) is 7.75. The molecule has 0 aliphatic rings. The van der Waals surface area contributed by atoms with Gasteiger partial charge in [0.25, 0.3) is 5.89 Å². The van der Waals surface area contributed by atoms with E-state index in [4.69, 9.17) is 4.52 Å². The summed E-state index contributed by atoms with van der Waals surface area (Å²) in [4.78, 5) is 18.1. The van der Waals surface area contributed by atoms with E-state index in [1.54, 1.807) is 24.8 Å². The van der Waals surface area contributed by atoms with Crippen molar-refractivity contribution in [3.8, 4) is 32.7 Å². The summed E-state index contributed by atoms with van der Waals surface area (Å²) in [5.74, 6) is 0.984. The summed E-state index contributed by atoms with van der Waals surface area (Å²) in [5, 5.41) is 4.91. The molecule has 0 saturated carbocycles. The van der Waals surface area contributed by atoms with Crippen molar-refractivity contribution < 1.29 is 4.52 Å². The van der Waals surface area contributed by atoms with Crippen LogP contribution in [0.1, 0.15) is 5.69 Å². The second-order valence-corrected chi connectivity index (χ2v) is 5.84. The molecule has 0 N–H and O–H groups in total. The largest absolute Gasteiger partial charge is 0.333 e. The molecule has 0 bridgehead atoms. The van der Waals surface area contributed by atoms with Gasteiger partial charge in [-0.15, -0.1) is 11.3 Å². The van der Waals surface area contributed by atoms with E-state index < -0.39 is 0 Å². The predicted molar refractivity (Wildman–Crippen MR) is 86.6 cm³/mol. The average Bonchev–Trinajstić information content (AvgIpc) is 3.23. The molecule has 0 radical (unpaired) electrons. The molecule has 0 aromatic carbocycles. The van der Waals surface area contributed by atoms with Crippen LogP contribution in [0.25, 0.3) is 32.7 Å². The van der Waals surface area contributed by atoms with E-state index in [0.717, 1.165) is 26.7 Å². The molecule has 4 heterocycles. The van der Waals surface area contributed by atoms with Crippen molar-refractivity contribution in [2.45, 2.75) is 6.92 Å². The molecule has 0 saturated heterocycles. The van der Waals surface area contributed by atoms with Crippen LogP contribution in [0, 0.1) is 6.92 Å². The minimum Gasteiger partial charge on any atom is -0.333 e. The topological polar surface area (TPSA) is 77.6 Å². The van der Waals surface area contributed by atoms with Crippen LogP contribution in [0.15, 0.2) is 53.6 Å². The Kier molecular flexibility index (Phi) is 3.39. The summed E-state index contributed by atoms with van der Waals surface area (Å²) in [5.41, 5.74) is 2.64. The van der Waals surface area contributed by atoms with E-state index in [1.165, 1.54) is 11.3 Å². The fourth-order valence-corrected chi connectivity index (χ4v) is 3.11. The third-order valence-electron chi connectivity index (χ3n) is 3.25. The molecule has 23 heavy (non-hydrogen) atoms. The molecular weight excluding hydrogens is 310 g/mol. The van der Waals surface area contributed by atoms with Crippen molar-refractivity contribution in [3.63, 3.8) is 0 Å². The zero-order chi connectivity index (χ0) is 15.6. The lowest BCUT2D eigenvalue weighted by molar-refractivity contribution is 0.433. The highest BCUT2D eigenvalue weighted by Gasteiger charge is 2.17. The molecule has 0 unspecified atom stereocenters. The smallest absolute Gasteiger partial charge is 0.270 e. The normalized spacial score (nSPS) is 10.8. The van der Waals surface area contributed by atoms with Gasteiger partial charge in [0.2, 0.25) is 5.82 Å². The number of rotatable bonds is 3. The molecule has 4 rings (SSSR count). The maximum atomic E-state index is 5.40. The molecular formula is C16H11N5OS. The van der Waals surface area contributed by atoms with Crippen molar-refractivity contribution in [2.24, 2.45) is 0 Å². The number of aromatic nitrogens is 5. The maximum Gasteiger partial charge on any atom is 0.270 e. The van der Waals surface area contributed by atoms with E-state index in [2.05, 4.69) is 25.1 Å². The Morgan fingerprint density at radius 1 is 0.957 bits per heavy atom. The van der Waals surface area contributed by atoms with Crippen LogP contribution in [0.3, 0.4) is 0 Å². The van der Waals surface area contributed by atoms with Gasteiger partial charge >= 0.3 is 0 Å². The van der Waals surface area contributed by atoms with Gasteiger partial charge in [0.15, 0.2) is 0 Å². The fourth-order valence-electron chi connectivity index (χ4n) is 2.14. The number of pyridine rings is 2. The first-order valence-electron chi connectivity index (χ1n) is 6.93. The molecule has 4 aromatic heterocycles. The number of hydrogen-bond acceptors (Lipinski definition) is 7. The third kappa shape index (κ3) is 2.62. The molecule has 7 heteroatoms. The van der Waals surface area contributed by atoms with Crippen molar-refractivity contribution >= 4 is 11.3 Å². The zero-order valence-electron chi connectivity index (χ0n) is 12.2. The van der Waals surface area contributed by atoms with E-state index in [0.29, 0.717) is 11.7 Å². The number of thiazole rings is 1. The van der Waals surface area contributed by atoms with Crippen molar-refractivity contribution in [3.05, 3.63) is 54.7 Å². The van der Waals surface area contributed by atoms with Crippen molar-refractivity contribution in [1.82, 2.24) is 25.1 Å². The van der Waals surface area contributed by atoms with Gasteiger partial charge in [-0.2, -0.15) is 4.98 Å². The highest BCUT2D eigenvalue weighted by atomic mass is 32.1. The van der Waals surface area contributed by atoms with Crippen molar-refractivity contribution in [2.75, 3.05) is 0 Å². The molecule has 6 nitrogen and oxygen atoms in total. The lowest BCUT2D eigenvalue weighted by Crippen LogP contribution is -1.82. The van der Waals surface area contributed by atoms with E-state index in [-0.39, 0.29) is 0 Å². The van der Waals surface area contributed by atoms with Crippen LogP contribution in [-0.4, -0.2) is 25.1 Å². The Morgan fingerprint density at radius 2 is 1.70 bits per heavy atom. The maximum absolute atomic E-state index is 5.40. The van der Waals surface area contributed by atoms with Gasteiger partial charge in [0, 0.05) is 35.9 Å². The second kappa shape index (κ2) is 5.69. The van der Waals surface area contributed by atoms with E-state index in [1.807, 2.05) is 31.2 Å². The highest BCUT2D eigenvalue weighted by Crippen LogP contribution is 2.34. The monoisotopic (exact) mass is 321 g/mol. The standard InChI is InChI=1S/C16H11N5OS/c1-10-13(23-16(19-10)12-5-3-7-18-9-12)15-20-14(21-22-15)11-4-2-6-17-8-11/h2-9H,1H3. The van der Waals surface area contributed by atoms with Gasteiger partial charge in [-0.25, -0.2) is 4.98 Å². The van der Waals surface area contributed by atoms with Crippen LogP contribution in [0.4, 0.5) is 0 Å². The Bertz CT molecular complexity index is 934. The number of nitrogens with zero attached hydrogens (tertiary/aromatic N) is 5. The Balaban J connectivity index is 1.72. The minimum absolute atomic E-state index is 0.467. The molecule has 0 aliphatic carbocycles. The number of aryl methyl sites for hydroxylation is 1.